The molecule has 1 aliphatic heterocycles. The second kappa shape index (κ2) is 9.43. The maximum atomic E-state index is 13.0. The lowest BCUT2D eigenvalue weighted by molar-refractivity contribution is -0.145. The lowest BCUT2D eigenvalue weighted by Gasteiger charge is -2.23. The number of ketones is 1. The zero-order valence-electron chi connectivity index (χ0n) is 18.7. The first-order valence-electron chi connectivity index (χ1n) is 10.5. The second-order valence-corrected chi connectivity index (χ2v) is 8.31. The van der Waals surface area contributed by atoms with Gasteiger partial charge in [-0.05, 0) is 60.3 Å². The molecule has 0 saturated heterocycles. The molecule has 2 aromatic rings. The van der Waals surface area contributed by atoms with Crippen LogP contribution in [-0.2, 0) is 25.5 Å². The lowest BCUT2D eigenvalue weighted by atomic mass is 9.88. The molecule has 0 spiro atoms. The zero-order chi connectivity index (χ0) is 22.7. The predicted molar refractivity (Wildman–Crippen MR) is 120 cm³/mol. The third kappa shape index (κ3) is 4.85. The Bertz CT molecular complexity index is 1010. The monoisotopic (exact) mass is 422 g/mol. The third-order valence-electron chi connectivity index (χ3n) is 5.99. The van der Waals surface area contributed by atoms with E-state index in [9.17, 15) is 14.4 Å². The van der Waals surface area contributed by atoms with Crippen molar-refractivity contribution in [2.75, 3.05) is 14.2 Å². The molecule has 0 fully saturated rings. The van der Waals surface area contributed by atoms with Crippen LogP contribution in [0.15, 0.2) is 36.4 Å². The molecule has 2 aromatic carbocycles. The van der Waals surface area contributed by atoms with E-state index < -0.39 is 24.0 Å². The highest BCUT2D eigenvalue weighted by Gasteiger charge is 2.29. The van der Waals surface area contributed by atoms with Crippen LogP contribution in [0.25, 0.3) is 11.1 Å². The molecule has 6 nitrogen and oxygen atoms in total. The van der Waals surface area contributed by atoms with Crippen LogP contribution in [0.3, 0.4) is 0 Å². The summed E-state index contributed by atoms with van der Waals surface area (Å²) in [6, 6.07) is 10.7. The molecule has 1 aliphatic rings. The van der Waals surface area contributed by atoms with E-state index in [-0.39, 0.29) is 18.1 Å². The normalized spacial score (nSPS) is 21.8. The first-order valence-corrected chi connectivity index (χ1v) is 10.5. The number of hydrogen-bond acceptors (Lipinski definition) is 5. The van der Waals surface area contributed by atoms with E-state index in [1.54, 1.807) is 14.0 Å². The van der Waals surface area contributed by atoms with E-state index in [2.05, 4.69) is 22.8 Å². The van der Waals surface area contributed by atoms with Crippen molar-refractivity contribution in [1.29, 1.82) is 0 Å². The summed E-state index contributed by atoms with van der Waals surface area (Å²) in [5.41, 5.74) is 6.08. The van der Waals surface area contributed by atoms with Gasteiger partial charge >= 0.3 is 5.97 Å². The summed E-state index contributed by atoms with van der Waals surface area (Å²) in [4.78, 5) is 38.2. The van der Waals surface area contributed by atoms with Gasteiger partial charge < -0.3 is 15.4 Å². The molecule has 3 atom stereocenters. The van der Waals surface area contributed by atoms with Crippen molar-refractivity contribution < 1.29 is 19.1 Å². The minimum absolute atomic E-state index is 0.0682. The van der Waals surface area contributed by atoms with Crippen molar-refractivity contribution in [3.8, 4) is 11.1 Å². The van der Waals surface area contributed by atoms with Gasteiger partial charge in [0, 0.05) is 18.8 Å². The van der Waals surface area contributed by atoms with Crippen molar-refractivity contribution in [2.24, 2.45) is 5.92 Å². The highest BCUT2D eigenvalue weighted by Crippen LogP contribution is 2.31. The van der Waals surface area contributed by atoms with Crippen molar-refractivity contribution in [1.82, 2.24) is 10.6 Å². The molecule has 4 bridgehead atoms. The number of aryl methyl sites for hydroxylation is 2. The van der Waals surface area contributed by atoms with Gasteiger partial charge in [-0.25, -0.2) is 4.79 Å². The van der Waals surface area contributed by atoms with Gasteiger partial charge in [-0.1, -0.05) is 37.3 Å². The quantitative estimate of drug-likeness (QED) is 0.727. The number of rotatable bonds is 2. The first-order chi connectivity index (χ1) is 14.7. The Morgan fingerprint density at radius 2 is 1.68 bits per heavy atom. The number of likely N-dealkylation sites (N-methyl/N-ethyl adjacent to an activating group) is 1. The maximum absolute atomic E-state index is 13.0. The summed E-state index contributed by atoms with van der Waals surface area (Å²) in [6.07, 6.45) is 0.378. The van der Waals surface area contributed by atoms with E-state index in [0.29, 0.717) is 6.42 Å². The van der Waals surface area contributed by atoms with Crippen molar-refractivity contribution in [2.45, 2.75) is 45.7 Å². The summed E-state index contributed by atoms with van der Waals surface area (Å²) < 4.78 is 4.92. The fourth-order valence-corrected chi connectivity index (χ4v) is 4.11. The molecule has 3 rings (SSSR count). The number of Topliss-reactive ketones (excluding diaryl/α,β-unsaturated/α-hetero) is 1. The Balaban J connectivity index is 2.18. The van der Waals surface area contributed by atoms with Gasteiger partial charge in [0.15, 0.2) is 5.78 Å². The number of nitrogens with one attached hydrogen (secondary N) is 2. The summed E-state index contributed by atoms with van der Waals surface area (Å²) in [5, 5.41) is 5.88. The maximum Gasteiger partial charge on any atom is 0.328 e. The highest BCUT2D eigenvalue weighted by molar-refractivity contribution is 5.92. The molecule has 164 valence electrons. The number of methoxy groups -OCH3 is 1. The Morgan fingerprint density at radius 1 is 1.03 bits per heavy atom. The molecule has 1 amide bonds. The van der Waals surface area contributed by atoms with E-state index in [1.165, 1.54) is 7.11 Å². The third-order valence-corrected chi connectivity index (χ3v) is 5.99. The van der Waals surface area contributed by atoms with Gasteiger partial charge in [0.25, 0.3) is 0 Å². The molecule has 6 heteroatoms. The topological polar surface area (TPSA) is 84.5 Å². The number of benzene rings is 2. The standard InChI is InChI=1S/C25H30N2O4/c1-14-6-8-17-11-19(14)20-13-18(9-7-15(20)2)23(26-4)22(28)10-16(3)24(29)27-21(12-17)25(30)31-5/h6-9,11,13,16,21,23,26H,10,12H2,1-5H3,(H,27,29)/t16-,21+,23+/m1/s1. The smallest absolute Gasteiger partial charge is 0.328 e. The minimum Gasteiger partial charge on any atom is -0.467 e. The van der Waals surface area contributed by atoms with Crippen LogP contribution in [0, 0.1) is 19.8 Å². The highest BCUT2D eigenvalue weighted by atomic mass is 16.5. The Morgan fingerprint density at radius 3 is 2.32 bits per heavy atom. The molecular formula is C25H30N2O4. The molecule has 0 unspecified atom stereocenters. The van der Waals surface area contributed by atoms with Crippen LogP contribution in [0.4, 0.5) is 0 Å². The molecule has 0 saturated carbocycles. The largest absolute Gasteiger partial charge is 0.467 e. The first kappa shape index (κ1) is 22.7. The summed E-state index contributed by atoms with van der Waals surface area (Å²) >= 11 is 0. The molecule has 0 aliphatic carbocycles. The Hall–Kier alpha value is -2.99. The van der Waals surface area contributed by atoms with Gasteiger partial charge in [-0.15, -0.1) is 0 Å². The summed E-state index contributed by atoms with van der Waals surface area (Å²) in [6.45, 7) is 5.78. The van der Waals surface area contributed by atoms with Gasteiger partial charge in [0.2, 0.25) is 5.91 Å². The number of fused-ring (bicyclic) bond motifs is 5. The Labute approximate surface area is 183 Å². The second-order valence-electron chi connectivity index (χ2n) is 8.31. The molecular weight excluding hydrogens is 392 g/mol. The van der Waals surface area contributed by atoms with Crippen LogP contribution in [-0.4, -0.2) is 37.9 Å². The number of hydrogen-bond donors (Lipinski definition) is 2. The SMILES string of the molecule is CN[C@@H]1C(=O)C[C@@H](C)C(=O)N[C@H](C(=O)OC)Cc2ccc(C)c(c2)-c2cc1ccc2C. The van der Waals surface area contributed by atoms with Gasteiger partial charge in [0.05, 0.1) is 13.2 Å². The summed E-state index contributed by atoms with van der Waals surface area (Å²) in [5.74, 6) is -1.49. The van der Waals surface area contributed by atoms with E-state index >= 15 is 0 Å². The van der Waals surface area contributed by atoms with Crippen LogP contribution in [0.5, 0.6) is 0 Å². The molecule has 2 N–H and O–H groups in total. The van der Waals surface area contributed by atoms with Crippen LogP contribution >= 0.6 is 0 Å². The minimum atomic E-state index is -0.818. The molecule has 31 heavy (non-hydrogen) atoms. The number of amides is 1. The predicted octanol–water partition coefficient (Wildman–Crippen LogP) is 3.04. The fourth-order valence-electron chi connectivity index (χ4n) is 4.11. The van der Waals surface area contributed by atoms with Crippen molar-refractivity contribution in [3.63, 3.8) is 0 Å². The average molecular weight is 423 g/mol. The van der Waals surface area contributed by atoms with Gasteiger partial charge in [-0.3, -0.25) is 9.59 Å². The summed E-state index contributed by atoms with van der Waals surface area (Å²) in [7, 11) is 3.05. The molecule has 0 aromatic heterocycles. The lowest BCUT2D eigenvalue weighted by Crippen LogP contribution is -2.45. The zero-order valence-corrected chi connectivity index (χ0v) is 18.7. The average Bonchev–Trinajstić information content (AvgIpc) is 2.75. The van der Waals surface area contributed by atoms with Crippen LogP contribution in [0.1, 0.15) is 41.6 Å². The number of carbonyl (C=O) groups is 3. The van der Waals surface area contributed by atoms with Crippen LogP contribution < -0.4 is 10.6 Å². The number of ether oxygens (including phenoxy) is 1. The number of esters is 1. The number of carbonyl (C=O) groups excluding carboxylic acids is 3. The van der Waals surface area contributed by atoms with Gasteiger partial charge in [-0.2, -0.15) is 0 Å². The van der Waals surface area contributed by atoms with Crippen LogP contribution in [0.2, 0.25) is 0 Å². The van der Waals surface area contributed by atoms with E-state index in [4.69, 9.17) is 4.74 Å². The fraction of sp³-hybridized carbons (Fsp3) is 0.400. The Kier molecular flexibility index (Phi) is 6.91. The van der Waals surface area contributed by atoms with Crippen molar-refractivity contribution >= 4 is 17.7 Å². The molecule has 0 radical (unpaired) electrons. The van der Waals surface area contributed by atoms with Crippen molar-refractivity contribution in [3.05, 3.63) is 58.7 Å². The van der Waals surface area contributed by atoms with E-state index in [1.807, 2.05) is 38.1 Å². The van der Waals surface area contributed by atoms with E-state index in [0.717, 1.165) is 33.4 Å². The van der Waals surface area contributed by atoms with Gasteiger partial charge in [0.1, 0.15) is 6.04 Å². The molecule has 1 heterocycles.